The van der Waals surface area contributed by atoms with Crippen LogP contribution in [0.4, 0.5) is 5.69 Å². The number of anilines is 1. The molecule has 6 heteroatoms. The lowest BCUT2D eigenvalue weighted by Gasteiger charge is -2.18. The third kappa shape index (κ3) is 5.37. The van der Waals surface area contributed by atoms with E-state index in [0.717, 1.165) is 22.6 Å². The van der Waals surface area contributed by atoms with E-state index in [4.69, 9.17) is 21.1 Å². The Morgan fingerprint density at radius 3 is 2.56 bits per heavy atom. The quantitative estimate of drug-likeness (QED) is 0.815. The fraction of sp³-hybridized carbons (Fsp3) is 0.316. The Labute approximate surface area is 153 Å². The Kier molecular flexibility index (Phi) is 6.67. The predicted molar refractivity (Wildman–Crippen MR) is 101 cm³/mol. The first-order chi connectivity index (χ1) is 11.9. The Balaban J connectivity index is 1.96. The number of benzene rings is 2. The van der Waals surface area contributed by atoms with Crippen LogP contribution in [0.2, 0.25) is 5.02 Å². The molecule has 134 valence electrons. The Bertz CT molecular complexity index is 749. The first-order valence-corrected chi connectivity index (χ1v) is 8.26. The van der Waals surface area contributed by atoms with E-state index in [0.29, 0.717) is 17.3 Å². The number of hydrogen-bond acceptors (Lipinski definition) is 4. The monoisotopic (exact) mass is 362 g/mol. The summed E-state index contributed by atoms with van der Waals surface area (Å²) in [6.45, 7) is 2.75. The molecule has 0 aliphatic carbocycles. The minimum Gasteiger partial charge on any atom is -0.497 e. The van der Waals surface area contributed by atoms with E-state index in [1.807, 2.05) is 49.2 Å². The molecule has 5 nitrogen and oxygen atoms in total. The van der Waals surface area contributed by atoms with E-state index in [-0.39, 0.29) is 12.5 Å². The number of carbonyl (C=O) groups excluding carboxylic acids is 1. The van der Waals surface area contributed by atoms with Crippen molar-refractivity contribution in [2.45, 2.75) is 13.5 Å². The molecule has 0 fully saturated rings. The minimum absolute atomic E-state index is 0.102. The van der Waals surface area contributed by atoms with Crippen LogP contribution < -0.4 is 14.8 Å². The number of methoxy groups -OCH3 is 2. The number of amides is 1. The van der Waals surface area contributed by atoms with E-state index in [1.54, 1.807) is 20.3 Å². The SMILES string of the molecule is COc1ccc(CN(C)CC(=O)Nc2ccc(C)c(Cl)c2)c(OC)c1. The van der Waals surface area contributed by atoms with Crippen LogP contribution in [0.5, 0.6) is 11.5 Å². The smallest absolute Gasteiger partial charge is 0.238 e. The molecular formula is C19H23ClN2O3. The first kappa shape index (κ1) is 19.1. The molecule has 0 atom stereocenters. The molecule has 0 saturated heterocycles. The summed E-state index contributed by atoms with van der Waals surface area (Å²) in [5, 5.41) is 3.49. The molecular weight excluding hydrogens is 340 g/mol. The van der Waals surface area contributed by atoms with Crippen molar-refractivity contribution in [3.05, 3.63) is 52.5 Å². The average molecular weight is 363 g/mol. The van der Waals surface area contributed by atoms with E-state index in [1.165, 1.54) is 0 Å². The lowest BCUT2D eigenvalue weighted by molar-refractivity contribution is -0.117. The summed E-state index contributed by atoms with van der Waals surface area (Å²) in [6.07, 6.45) is 0. The van der Waals surface area contributed by atoms with Crippen LogP contribution in [-0.4, -0.2) is 38.6 Å². The second-order valence-electron chi connectivity index (χ2n) is 5.86. The van der Waals surface area contributed by atoms with Crippen molar-refractivity contribution in [3.63, 3.8) is 0 Å². The molecule has 2 aromatic carbocycles. The van der Waals surface area contributed by atoms with Gasteiger partial charge in [-0.25, -0.2) is 0 Å². The van der Waals surface area contributed by atoms with Gasteiger partial charge in [0.15, 0.2) is 0 Å². The summed E-state index contributed by atoms with van der Waals surface area (Å²) in [6, 6.07) is 11.1. The van der Waals surface area contributed by atoms with Crippen molar-refractivity contribution in [1.29, 1.82) is 0 Å². The zero-order chi connectivity index (χ0) is 18.4. The van der Waals surface area contributed by atoms with Gasteiger partial charge in [-0.05, 0) is 37.7 Å². The van der Waals surface area contributed by atoms with Crippen LogP contribution >= 0.6 is 11.6 Å². The number of ether oxygens (including phenoxy) is 2. The summed E-state index contributed by atoms with van der Waals surface area (Å²) >= 11 is 6.08. The molecule has 0 aliphatic rings. The standard InChI is InChI=1S/C19H23ClN2O3/c1-13-5-7-15(9-17(13)20)21-19(23)12-22(2)11-14-6-8-16(24-3)10-18(14)25-4/h5-10H,11-12H2,1-4H3,(H,21,23). The van der Waals surface area contributed by atoms with E-state index < -0.39 is 0 Å². The van der Waals surface area contributed by atoms with Crippen LogP contribution in [0.3, 0.4) is 0 Å². The van der Waals surface area contributed by atoms with E-state index in [9.17, 15) is 4.79 Å². The van der Waals surface area contributed by atoms with Crippen LogP contribution in [0.1, 0.15) is 11.1 Å². The lowest BCUT2D eigenvalue weighted by Crippen LogP contribution is -2.30. The number of nitrogens with zero attached hydrogens (tertiary/aromatic N) is 1. The minimum atomic E-state index is -0.102. The van der Waals surface area contributed by atoms with Gasteiger partial charge in [-0.3, -0.25) is 9.69 Å². The zero-order valence-electron chi connectivity index (χ0n) is 14.9. The van der Waals surface area contributed by atoms with Crippen molar-refractivity contribution in [2.75, 3.05) is 33.1 Å². The molecule has 25 heavy (non-hydrogen) atoms. The van der Waals surface area contributed by atoms with Gasteiger partial charge in [-0.2, -0.15) is 0 Å². The molecule has 1 N–H and O–H groups in total. The third-order valence-corrected chi connectivity index (χ3v) is 4.21. The van der Waals surface area contributed by atoms with Gasteiger partial charge >= 0.3 is 0 Å². The van der Waals surface area contributed by atoms with Crippen LogP contribution in [-0.2, 0) is 11.3 Å². The van der Waals surface area contributed by atoms with Crippen LogP contribution in [0, 0.1) is 6.92 Å². The molecule has 0 aliphatic heterocycles. The third-order valence-electron chi connectivity index (χ3n) is 3.80. The van der Waals surface area contributed by atoms with Gasteiger partial charge in [0.2, 0.25) is 5.91 Å². The van der Waals surface area contributed by atoms with Crippen molar-refractivity contribution in [3.8, 4) is 11.5 Å². The number of likely N-dealkylation sites (N-methyl/N-ethyl adjacent to an activating group) is 1. The number of hydrogen-bond donors (Lipinski definition) is 1. The number of carbonyl (C=O) groups is 1. The maximum Gasteiger partial charge on any atom is 0.238 e. The van der Waals surface area contributed by atoms with Crippen molar-refractivity contribution in [1.82, 2.24) is 4.90 Å². The molecule has 1 amide bonds. The maximum atomic E-state index is 12.2. The van der Waals surface area contributed by atoms with Crippen LogP contribution in [0.15, 0.2) is 36.4 Å². The second-order valence-corrected chi connectivity index (χ2v) is 6.27. The maximum absolute atomic E-state index is 12.2. The number of nitrogens with one attached hydrogen (secondary N) is 1. The highest BCUT2D eigenvalue weighted by Gasteiger charge is 2.11. The van der Waals surface area contributed by atoms with Crippen molar-refractivity contribution < 1.29 is 14.3 Å². The van der Waals surface area contributed by atoms with Crippen LogP contribution in [0.25, 0.3) is 0 Å². The fourth-order valence-corrected chi connectivity index (χ4v) is 2.63. The van der Waals surface area contributed by atoms with Gasteiger partial charge in [0.25, 0.3) is 0 Å². The molecule has 0 spiro atoms. The number of halogens is 1. The van der Waals surface area contributed by atoms with Gasteiger partial charge in [-0.1, -0.05) is 23.7 Å². The van der Waals surface area contributed by atoms with Gasteiger partial charge in [0, 0.05) is 28.9 Å². The largest absolute Gasteiger partial charge is 0.497 e. The molecule has 0 heterocycles. The van der Waals surface area contributed by atoms with E-state index in [2.05, 4.69) is 5.32 Å². The van der Waals surface area contributed by atoms with Gasteiger partial charge in [0.1, 0.15) is 11.5 Å². The molecule has 0 bridgehead atoms. The summed E-state index contributed by atoms with van der Waals surface area (Å²) < 4.78 is 10.6. The lowest BCUT2D eigenvalue weighted by atomic mass is 10.1. The summed E-state index contributed by atoms with van der Waals surface area (Å²) in [4.78, 5) is 14.1. The highest BCUT2D eigenvalue weighted by Crippen LogP contribution is 2.25. The molecule has 0 radical (unpaired) electrons. The molecule has 0 saturated carbocycles. The zero-order valence-corrected chi connectivity index (χ0v) is 15.7. The Hall–Kier alpha value is -2.24. The van der Waals surface area contributed by atoms with Gasteiger partial charge in [-0.15, -0.1) is 0 Å². The fourth-order valence-electron chi connectivity index (χ4n) is 2.45. The average Bonchev–Trinajstić information content (AvgIpc) is 2.58. The number of rotatable bonds is 7. The second kappa shape index (κ2) is 8.74. The van der Waals surface area contributed by atoms with Gasteiger partial charge < -0.3 is 14.8 Å². The first-order valence-electron chi connectivity index (χ1n) is 7.88. The summed E-state index contributed by atoms with van der Waals surface area (Å²) in [5.74, 6) is 1.36. The highest BCUT2D eigenvalue weighted by molar-refractivity contribution is 6.31. The van der Waals surface area contributed by atoms with Crippen molar-refractivity contribution in [2.24, 2.45) is 0 Å². The molecule has 0 aromatic heterocycles. The topological polar surface area (TPSA) is 50.8 Å². The summed E-state index contributed by atoms with van der Waals surface area (Å²) in [5.41, 5.74) is 2.65. The highest BCUT2D eigenvalue weighted by atomic mass is 35.5. The summed E-state index contributed by atoms with van der Waals surface area (Å²) in [7, 11) is 5.11. The Morgan fingerprint density at radius 1 is 1.16 bits per heavy atom. The molecule has 2 rings (SSSR count). The normalized spacial score (nSPS) is 10.6. The van der Waals surface area contributed by atoms with E-state index >= 15 is 0 Å². The van der Waals surface area contributed by atoms with Gasteiger partial charge in [0.05, 0.1) is 20.8 Å². The number of aryl methyl sites for hydroxylation is 1. The predicted octanol–water partition coefficient (Wildman–Crippen LogP) is 3.74. The Morgan fingerprint density at radius 2 is 1.92 bits per heavy atom. The molecule has 0 unspecified atom stereocenters. The molecule has 2 aromatic rings. The van der Waals surface area contributed by atoms with Crippen molar-refractivity contribution >= 4 is 23.2 Å².